The van der Waals surface area contributed by atoms with Crippen LogP contribution in [0.3, 0.4) is 0 Å². The molecule has 1 rings (SSSR count). The fourth-order valence-corrected chi connectivity index (χ4v) is 5.25. The van der Waals surface area contributed by atoms with E-state index in [-0.39, 0.29) is 25.9 Å². The second kappa shape index (κ2) is 22.2. The minimum Gasteiger partial charge on any atom is -0.444 e. The lowest BCUT2D eigenvalue weighted by molar-refractivity contribution is -0.131. The highest BCUT2D eigenvalue weighted by Crippen LogP contribution is 2.12. The average Bonchev–Trinajstić information content (AvgIpc) is 3.03. The predicted molar refractivity (Wildman–Crippen MR) is 220 cm³/mol. The standard InChI is InChI=1S/C41H67N5O9Si/c1-28(26-43-36(50)53-39(2,3)4)34(48)45-31(35(49)42-23-15-14-17-29-18-16-19-30(25-29)22-24-56(11,12)13)20-21-33(47)32(46-38(52)55-41(8,9)10)27-44-37(51)54-40(5,6)7/h16,18-19,25,28,31-32H,14-15,17,20-21,23,26-27H2,1-13H3,(H,42,49)(H,43,50)(H,44,51)(H,45,48)(H,46,52). The van der Waals surface area contributed by atoms with Gasteiger partial charge in [-0.3, -0.25) is 14.4 Å². The number of benzene rings is 1. The summed E-state index contributed by atoms with van der Waals surface area (Å²) in [4.78, 5) is 77.5. The van der Waals surface area contributed by atoms with Crippen LogP contribution in [0, 0.1) is 17.4 Å². The van der Waals surface area contributed by atoms with Crippen LogP contribution in [0.4, 0.5) is 14.4 Å². The predicted octanol–water partition coefficient (Wildman–Crippen LogP) is 5.77. The van der Waals surface area contributed by atoms with Crippen LogP contribution in [-0.4, -0.2) is 92.5 Å². The number of alkyl carbamates (subject to hydrolysis) is 3. The first-order chi connectivity index (χ1) is 25.6. The van der Waals surface area contributed by atoms with Gasteiger partial charge in [0.15, 0.2) is 5.78 Å². The van der Waals surface area contributed by atoms with Crippen LogP contribution in [-0.2, 0) is 35.0 Å². The van der Waals surface area contributed by atoms with Gasteiger partial charge in [0.05, 0.1) is 5.92 Å². The highest BCUT2D eigenvalue weighted by molar-refractivity contribution is 6.83. The number of hydrogen-bond donors (Lipinski definition) is 5. The van der Waals surface area contributed by atoms with Crippen molar-refractivity contribution in [2.75, 3.05) is 19.6 Å². The van der Waals surface area contributed by atoms with Crippen molar-refractivity contribution in [1.82, 2.24) is 26.6 Å². The van der Waals surface area contributed by atoms with Crippen molar-refractivity contribution in [2.24, 2.45) is 5.92 Å². The Bertz CT molecular complexity index is 1560. The van der Waals surface area contributed by atoms with E-state index in [1.807, 2.05) is 18.2 Å². The molecule has 0 saturated heterocycles. The molecule has 3 unspecified atom stereocenters. The molecule has 0 bridgehead atoms. The molecule has 1 aromatic rings. The molecule has 0 fully saturated rings. The Balaban J connectivity index is 3.05. The lowest BCUT2D eigenvalue weighted by atomic mass is 10.0. The summed E-state index contributed by atoms with van der Waals surface area (Å²) in [5, 5.41) is 13.1. The van der Waals surface area contributed by atoms with Crippen LogP contribution in [0.1, 0.15) is 106 Å². The van der Waals surface area contributed by atoms with Crippen LogP contribution in [0.2, 0.25) is 19.6 Å². The van der Waals surface area contributed by atoms with Gasteiger partial charge in [-0.2, -0.15) is 0 Å². The summed E-state index contributed by atoms with van der Waals surface area (Å²) in [6, 6.07) is 5.77. The van der Waals surface area contributed by atoms with Gasteiger partial charge in [0, 0.05) is 31.6 Å². The molecule has 5 N–H and O–H groups in total. The second-order valence-electron chi connectivity index (χ2n) is 17.9. The molecular formula is C41H67N5O9Si. The molecule has 14 nitrogen and oxygen atoms in total. The number of amides is 5. The molecular weight excluding hydrogens is 735 g/mol. The second-order valence-corrected chi connectivity index (χ2v) is 22.6. The molecule has 0 aliphatic rings. The van der Waals surface area contributed by atoms with E-state index >= 15 is 0 Å². The fourth-order valence-electron chi connectivity index (χ4n) is 4.73. The van der Waals surface area contributed by atoms with Crippen LogP contribution in [0.5, 0.6) is 0 Å². The first kappa shape index (κ1) is 49.4. The first-order valence-corrected chi connectivity index (χ1v) is 22.8. The SMILES string of the molecule is CC(CNC(=O)OC(C)(C)C)C(=O)NC(CCC(=O)C(CNC(=O)OC(C)(C)C)NC(=O)OC(C)(C)C)C(=O)NCCCCc1cccc(C#C[Si](C)(C)C)c1. The van der Waals surface area contributed by atoms with Gasteiger partial charge in [0.1, 0.15) is 37.0 Å². The van der Waals surface area contributed by atoms with Gasteiger partial charge in [-0.15, -0.1) is 5.54 Å². The smallest absolute Gasteiger partial charge is 0.408 e. The van der Waals surface area contributed by atoms with Gasteiger partial charge in [0.25, 0.3) is 0 Å². The summed E-state index contributed by atoms with van der Waals surface area (Å²) >= 11 is 0. The maximum absolute atomic E-state index is 13.6. The molecule has 314 valence electrons. The number of ketones is 1. The van der Waals surface area contributed by atoms with Crippen molar-refractivity contribution in [1.29, 1.82) is 0 Å². The lowest BCUT2D eigenvalue weighted by Crippen LogP contribution is -2.52. The Labute approximate surface area is 335 Å². The van der Waals surface area contributed by atoms with Crippen molar-refractivity contribution < 1.29 is 43.0 Å². The zero-order chi connectivity index (χ0) is 42.9. The minimum absolute atomic E-state index is 0.0584. The number of hydrogen-bond acceptors (Lipinski definition) is 9. The van der Waals surface area contributed by atoms with E-state index in [2.05, 4.69) is 63.8 Å². The van der Waals surface area contributed by atoms with Crippen LogP contribution >= 0.6 is 0 Å². The first-order valence-electron chi connectivity index (χ1n) is 19.3. The van der Waals surface area contributed by atoms with Crippen molar-refractivity contribution in [3.63, 3.8) is 0 Å². The molecule has 5 amide bonds. The van der Waals surface area contributed by atoms with Gasteiger partial charge < -0.3 is 40.8 Å². The van der Waals surface area contributed by atoms with E-state index < -0.39 is 78.8 Å². The molecule has 0 aliphatic carbocycles. The molecule has 0 aromatic heterocycles. The third-order valence-electron chi connectivity index (χ3n) is 7.34. The summed E-state index contributed by atoms with van der Waals surface area (Å²) in [5.74, 6) is 0.992. The topological polar surface area (TPSA) is 190 Å². The van der Waals surface area contributed by atoms with Gasteiger partial charge in [-0.1, -0.05) is 44.6 Å². The fraction of sp³-hybridized carbons (Fsp3) is 0.659. The summed E-state index contributed by atoms with van der Waals surface area (Å²) in [5.41, 5.74) is 3.13. The van der Waals surface area contributed by atoms with E-state index in [0.29, 0.717) is 13.0 Å². The molecule has 0 radical (unpaired) electrons. The van der Waals surface area contributed by atoms with E-state index in [1.165, 1.54) is 0 Å². The number of aryl methyl sites for hydroxylation is 1. The molecule has 56 heavy (non-hydrogen) atoms. The number of Topliss-reactive ketones (excluding diaryl/α,β-unsaturated/α-hetero) is 1. The highest BCUT2D eigenvalue weighted by Gasteiger charge is 2.29. The van der Waals surface area contributed by atoms with Crippen molar-refractivity contribution in [3.05, 3.63) is 35.4 Å². The third kappa shape index (κ3) is 24.0. The van der Waals surface area contributed by atoms with E-state index in [0.717, 1.165) is 24.0 Å². The highest BCUT2D eigenvalue weighted by atomic mass is 28.3. The molecule has 0 saturated carbocycles. The molecule has 3 atom stereocenters. The number of carbonyl (C=O) groups excluding carboxylic acids is 6. The maximum atomic E-state index is 13.6. The van der Waals surface area contributed by atoms with Crippen LogP contribution < -0.4 is 26.6 Å². The summed E-state index contributed by atoms with van der Waals surface area (Å²) in [6.07, 6.45) is -0.486. The monoisotopic (exact) mass is 801 g/mol. The van der Waals surface area contributed by atoms with Gasteiger partial charge in [0.2, 0.25) is 11.8 Å². The number of rotatable bonds is 17. The molecule has 0 spiro atoms. The molecule has 15 heteroatoms. The van der Waals surface area contributed by atoms with E-state index in [9.17, 15) is 28.8 Å². The Morgan fingerprint density at radius 3 is 1.80 bits per heavy atom. The molecule has 1 aromatic carbocycles. The van der Waals surface area contributed by atoms with Gasteiger partial charge in [-0.25, -0.2) is 14.4 Å². The van der Waals surface area contributed by atoms with Crippen molar-refractivity contribution >= 4 is 44.0 Å². The molecule has 0 aliphatic heterocycles. The third-order valence-corrected chi connectivity index (χ3v) is 8.22. The number of nitrogens with one attached hydrogen (secondary N) is 5. The van der Waals surface area contributed by atoms with Gasteiger partial charge in [-0.05, 0) is 106 Å². The summed E-state index contributed by atoms with van der Waals surface area (Å²) in [6.45, 7) is 23.4. The molecule has 0 heterocycles. The number of carbonyl (C=O) groups is 6. The summed E-state index contributed by atoms with van der Waals surface area (Å²) in [7, 11) is -1.51. The van der Waals surface area contributed by atoms with Crippen LogP contribution in [0.15, 0.2) is 24.3 Å². The maximum Gasteiger partial charge on any atom is 0.408 e. The van der Waals surface area contributed by atoms with E-state index in [4.69, 9.17) is 14.2 Å². The minimum atomic E-state index is -1.51. The Hall–Kier alpha value is -4.58. The normalized spacial score (nSPS) is 13.4. The Kier molecular flexibility index (Phi) is 19.6. The number of unbranched alkanes of at least 4 members (excludes halogenated alkanes) is 1. The van der Waals surface area contributed by atoms with E-state index in [1.54, 1.807) is 69.2 Å². The zero-order valence-electron chi connectivity index (χ0n) is 35.9. The van der Waals surface area contributed by atoms with Crippen molar-refractivity contribution in [2.45, 2.75) is 150 Å². The van der Waals surface area contributed by atoms with Gasteiger partial charge >= 0.3 is 18.3 Å². The Morgan fingerprint density at radius 1 is 0.696 bits per heavy atom. The largest absolute Gasteiger partial charge is 0.444 e. The lowest BCUT2D eigenvalue weighted by Gasteiger charge is -2.25. The quantitative estimate of drug-likeness (QED) is 0.0564. The Morgan fingerprint density at radius 2 is 1.25 bits per heavy atom. The van der Waals surface area contributed by atoms with Crippen molar-refractivity contribution in [3.8, 4) is 11.5 Å². The average molecular weight is 802 g/mol. The van der Waals surface area contributed by atoms with Crippen LogP contribution in [0.25, 0.3) is 0 Å². The summed E-state index contributed by atoms with van der Waals surface area (Å²) < 4.78 is 15.8. The number of ether oxygens (including phenoxy) is 3. The zero-order valence-corrected chi connectivity index (χ0v) is 36.9.